The molecule has 74 valence electrons. The van der Waals surface area contributed by atoms with Gasteiger partial charge in [-0.05, 0) is 19.8 Å². The summed E-state index contributed by atoms with van der Waals surface area (Å²) < 4.78 is 24.0. The molecule has 0 amide bonds. The zero-order valence-corrected chi connectivity index (χ0v) is 8.82. The molecule has 0 aliphatic rings. The average molecular weight is 194 g/mol. The second kappa shape index (κ2) is 5.67. The Morgan fingerprint density at radius 2 is 1.75 bits per heavy atom. The molecule has 0 aliphatic heterocycles. The van der Waals surface area contributed by atoms with Crippen molar-refractivity contribution in [1.82, 2.24) is 0 Å². The Morgan fingerprint density at radius 1 is 1.33 bits per heavy atom. The SMILES string of the molecule is CCCC(C)(CCC)OS(=O)O. The van der Waals surface area contributed by atoms with E-state index in [1.165, 1.54) is 0 Å². The van der Waals surface area contributed by atoms with Gasteiger partial charge in [-0.3, -0.25) is 8.74 Å². The number of rotatable bonds is 6. The summed E-state index contributed by atoms with van der Waals surface area (Å²) in [6, 6.07) is 0. The second-order valence-corrected chi connectivity index (χ2v) is 3.85. The van der Waals surface area contributed by atoms with Gasteiger partial charge in [-0.25, -0.2) is 0 Å². The van der Waals surface area contributed by atoms with E-state index in [-0.39, 0.29) is 0 Å². The molecule has 0 aromatic rings. The lowest BCUT2D eigenvalue weighted by molar-refractivity contribution is 0.0734. The molecule has 0 heterocycles. The van der Waals surface area contributed by atoms with Crippen LogP contribution in [0.4, 0.5) is 0 Å². The van der Waals surface area contributed by atoms with Crippen molar-refractivity contribution < 1.29 is 12.9 Å². The summed E-state index contributed by atoms with van der Waals surface area (Å²) in [6.45, 7) is 5.96. The molecule has 12 heavy (non-hydrogen) atoms. The van der Waals surface area contributed by atoms with Crippen LogP contribution in [0.1, 0.15) is 46.5 Å². The van der Waals surface area contributed by atoms with E-state index in [4.69, 9.17) is 8.74 Å². The van der Waals surface area contributed by atoms with Gasteiger partial charge in [-0.15, -0.1) is 0 Å². The van der Waals surface area contributed by atoms with Crippen molar-refractivity contribution in [3.05, 3.63) is 0 Å². The van der Waals surface area contributed by atoms with Gasteiger partial charge in [0.15, 0.2) is 0 Å². The Bertz CT molecular complexity index is 141. The first-order chi connectivity index (χ1) is 5.54. The van der Waals surface area contributed by atoms with Crippen LogP contribution in [-0.2, 0) is 15.5 Å². The quantitative estimate of drug-likeness (QED) is 0.661. The summed E-state index contributed by atoms with van der Waals surface area (Å²) in [5.74, 6) is 0. The summed E-state index contributed by atoms with van der Waals surface area (Å²) >= 11 is -2.14. The second-order valence-electron chi connectivity index (χ2n) is 3.25. The van der Waals surface area contributed by atoms with Gasteiger partial charge in [-0.1, -0.05) is 26.7 Å². The van der Waals surface area contributed by atoms with Gasteiger partial charge >= 0.3 is 11.4 Å². The predicted octanol–water partition coefficient (Wildman–Crippen LogP) is 2.50. The zero-order valence-electron chi connectivity index (χ0n) is 8.00. The Kier molecular flexibility index (Phi) is 5.70. The smallest absolute Gasteiger partial charge is 0.284 e. The van der Waals surface area contributed by atoms with Crippen LogP contribution < -0.4 is 0 Å². The molecule has 0 radical (unpaired) electrons. The van der Waals surface area contributed by atoms with E-state index >= 15 is 0 Å². The fourth-order valence-electron chi connectivity index (χ4n) is 1.44. The highest BCUT2D eigenvalue weighted by Gasteiger charge is 2.25. The van der Waals surface area contributed by atoms with Gasteiger partial charge in [0.05, 0.1) is 5.60 Å². The standard InChI is InChI=1S/C8H18O3S/c1-4-6-8(3,7-5-2)11-12(9)10/h4-7H2,1-3H3,(H,9,10). The normalized spacial score (nSPS) is 14.7. The van der Waals surface area contributed by atoms with E-state index in [1.54, 1.807) is 0 Å². The summed E-state index contributed by atoms with van der Waals surface area (Å²) in [5.41, 5.74) is -0.427. The largest absolute Gasteiger partial charge is 0.302 e. The average Bonchev–Trinajstić information content (AvgIpc) is 1.85. The third-order valence-electron chi connectivity index (χ3n) is 1.83. The first-order valence-corrected chi connectivity index (χ1v) is 5.37. The molecule has 0 aromatic carbocycles. The zero-order chi connectivity index (χ0) is 9.61. The van der Waals surface area contributed by atoms with Crippen LogP contribution in [0.2, 0.25) is 0 Å². The van der Waals surface area contributed by atoms with Crippen LogP contribution in [0.3, 0.4) is 0 Å². The molecule has 0 saturated carbocycles. The third-order valence-corrected chi connectivity index (χ3v) is 2.38. The molecule has 0 spiro atoms. The summed E-state index contributed by atoms with van der Waals surface area (Å²) in [4.78, 5) is 0. The third kappa shape index (κ3) is 4.85. The van der Waals surface area contributed by atoms with Crippen molar-refractivity contribution >= 4 is 11.4 Å². The molecule has 1 atom stereocenters. The minimum atomic E-state index is -2.14. The first kappa shape index (κ1) is 12.1. The Hall–Kier alpha value is 0.0700. The van der Waals surface area contributed by atoms with Crippen molar-refractivity contribution in [2.45, 2.75) is 52.1 Å². The molecule has 0 rings (SSSR count). The van der Waals surface area contributed by atoms with Crippen LogP contribution in [-0.4, -0.2) is 14.4 Å². The van der Waals surface area contributed by atoms with Gasteiger partial charge in [0, 0.05) is 0 Å². The Balaban J connectivity index is 4.07. The highest BCUT2D eigenvalue weighted by molar-refractivity contribution is 7.74. The molecule has 4 heteroatoms. The van der Waals surface area contributed by atoms with Crippen LogP contribution in [0.25, 0.3) is 0 Å². The number of hydrogen-bond donors (Lipinski definition) is 1. The fourth-order valence-corrected chi connectivity index (χ4v) is 1.95. The van der Waals surface area contributed by atoms with Crippen molar-refractivity contribution in [2.24, 2.45) is 0 Å². The van der Waals surface area contributed by atoms with Crippen LogP contribution in [0.5, 0.6) is 0 Å². The highest BCUT2D eigenvalue weighted by Crippen LogP contribution is 2.24. The van der Waals surface area contributed by atoms with Gasteiger partial charge in [0.2, 0.25) is 0 Å². The Labute approximate surface area is 77.0 Å². The van der Waals surface area contributed by atoms with Gasteiger partial charge in [0.1, 0.15) is 0 Å². The van der Waals surface area contributed by atoms with E-state index in [2.05, 4.69) is 0 Å². The van der Waals surface area contributed by atoms with Crippen LogP contribution >= 0.6 is 0 Å². The van der Waals surface area contributed by atoms with Crippen LogP contribution in [0.15, 0.2) is 0 Å². The van der Waals surface area contributed by atoms with E-state index in [1.807, 2.05) is 20.8 Å². The van der Waals surface area contributed by atoms with Crippen LogP contribution in [0, 0.1) is 0 Å². The molecule has 0 bridgehead atoms. The van der Waals surface area contributed by atoms with Gasteiger partial charge in [0.25, 0.3) is 0 Å². The topological polar surface area (TPSA) is 46.5 Å². The van der Waals surface area contributed by atoms with E-state index in [0.29, 0.717) is 0 Å². The van der Waals surface area contributed by atoms with Crippen molar-refractivity contribution in [3.8, 4) is 0 Å². The summed E-state index contributed by atoms with van der Waals surface area (Å²) in [5, 5.41) is 0. The predicted molar refractivity (Wildman–Crippen MR) is 50.1 cm³/mol. The lowest BCUT2D eigenvalue weighted by Crippen LogP contribution is -2.29. The summed E-state index contributed by atoms with van der Waals surface area (Å²) in [7, 11) is 0. The fraction of sp³-hybridized carbons (Fsp3) is 1.00. The van der Waals surface area contributed by atoms with Crippen molar-refractivity contribution in [2.75, 3.05) is 0 Å². The molecule has 0 aromatic heterocycles. The minimum absolute atomic E-state index is 0.427. The number of hydrogen-bond acceptors (Lipinski definition) is 2. The molecular formula is C8H18O3S. The van der Waals surface area contributed by atoms with Gasteiger partial charge in [-0.2, -0.15) is 4.21 Å². The minimum Gasteiger partial charge on any atom is -0.284 e. The molecule has 1 unspecified atom stereocenters. The maximum absolute atomic E-state index is 10.5. The van der Waals surface area contributed by atoms with Crippen molar-refractivity contribution in [1.29, 1.82) is 0 Å². The first-order valence-electron chi connectivity index (χ1n) is 4.34. The molecule has 0 fully saturated rings. The van der Waals surface area contributed by atoms with E-state index in [9.17, 15) is 4.21 Å². The Morgan fingerprint density at radius 3 is 2.00 bits per heavy atom. The maximum atomic E-state index is 10.5. The van der Waals surface area contributed by atoms with E-state index < -0.39 is 17.0 Å². The van der Waals surface area contributed by atoms with Crippen molar-refractivity contribution in [3.63, 3.8) is 0 Å². The maximum Gasteiger partial charge on any atom is 0.302 e. The monoisotopic (exact) mass is 194 g/mol. The lowest BCUT2D eigenvalue weighted by atomic mass is 9.95. The molecule has 0 saturated heterocycles. The molecule has 3 nitrogen and oxygen atoms in total. The molecular weight excluding hydrogens is 176 g/mol. The molecule has 0 aliphatic carbocycles. The lowest BCUT2D eigenvalue weighted by Gasteiger charge is -2.26. The summed E-state index contributed by atoms with van der Waals surface area (Å²) in [6.07, 6.45) is 3.58. The van der Waals surface area contributed by atoms with E-state index in [0.717, 1.165) is 25.7 Å². The van der Waals surface area contributed by atoms with Gasteiger partial charge < -0.3 is 0 Å². The highest BCUT2D eigenvalue weighted by atomic mass is 32.2. The molecule has 1 N–H and O–H groups in total.